The first-order valence-electron chi connectivity index (χ1n) is 22.5. The van der Waals surface area contributed by atoms with Crippen molar-refractivity contribution in [1.82, 2.24) is 0 Å². The standard InChI is InChI=1S/C58H48BN3O/c1-58(2,3)40-30-32-43(33-31-40)60(50-37-35-45(39-18-7-4-8-19-39)46-24-13-14-25-47(46)50)44-34-36-49-53(38-44)61(41-20-9-5-10-21-41)51-27-17-28-52-55(51)59(49)57-56(48-26-15-16-29-54(48)63-57)62(52)42-22-11-6-12-23-42/h4-14,17-25,27-28,30-38H,15-16,26,29H2,1-3H3. The van der Waals surface area contributed by atoms with Gasteiger partial charge in [-0.3, -0.25) is 0 Å². The number of anilines is 9. The molecule has 63 heavy (non-hydrogen) atoms. The number of para-hydroxylation sites is 2. The van der Waals surface area contributed by atoms with Crippen LogP contribution in [0.5, 0.6) is 0 Å². The van der Waals surface area contributed by atoms with Crippen molar-refractivity contribution in [3.8, 4) is 11.1 Å². The van der Waals surface area contributed by atoms with Gasteiger partial charge in [0, 0.05) is 57.2 Å². The molecule has 304 valence electrons. The van der Waals surface area contributed by atoms with E-state index in [1.54, 1.807) is 0 Å². The Morgan fingerprint density at radius 1 is 0.540 bits per heavy atom. The number of nitrogens with zero attached hydrogens (tertiary/aromatic N) is 3. The Bertz CT molecular complexity index is 3170. The van der Waals surface area contributed by atoms with Gasteiger partial charge < -0.3 is 19.1 Å². The molecule has 9 aromatic rings. The monoisotopic (exact) mass is 813 g/mol. The number of fused-ring (bicyclic) bond motifs is 7. The van der Waals surface area contributed by atoms with Crippen LogP contribution in [0.4, 0.5) is 51.2 Å². The highest BCUT2D eigenvalue weighted by molar-refractivity contribution is 6.99. The van der Waals surface area contributed by atoms with Gasteiger partial charge in [0.2, 0.25) is 0 Å². The SMILES string of the molecule is CC(C)(C)c1ccc(N(c2ccc3c(c2)N(c2ccccc2)c2cccc4c2B3c2oc3c(c2N4c2ccccc2)CCCC3)c2ccc(-c3ccccc3)c3ccccc23)cc1. The van der Waals surface area contributed by atoms with Crippen LogP contribution in [-0.4, -0.2) is 6.71 Å². The van der Waals surface area contributed by atoms with E-state index >= 15 is 0 Å². The van der Waals surface area contributed by atoms with Crippen molar-refractivity contribution in [2.45, 2.75) is 51.9 Å². The molecule has 0 spiro atoms. The van der Waals surface area contributed by atoms with Crippen LogP contribution < -0.4 is 31.3 Å². The van der Waals surface area contributed by atoms with Crippen LogP contribution in [-0.2, 0) is 18.3 Å². The lowest BCUT2D eigenvalue weighted by Crippen LogP contribution is -2.61. The summed E-state index contributed by atoms with van der Waals surface area (Å²) in [6.07, 6.45) is 4.33. The molecule has 0 saturated carbocycles. The third-order valence-electron chi connectivity index (χ3n) is 13.6. The molecule has 0 unspecified atom stereocenters. The van der Waals surface area contributed by atoms with Crippen molar-refractivity contribution in [2.24, 2.45) is 0 Å². The van der Waals surface area contributed by atoms with Crippen LogP contribution in [0, 0.1) is 0 Å². The van der Waals surface area contributed by atoms with Gasteiger partial charge in [-0.05, 0) is 124 Å². The molecule has 1 aliphatic carbocycles. The second-order valence-corrected chi connectivity index (χ2v) is 18.3. The summed E-state index contributed by atoms with van der Waals surface area (Å²) in [6.45, 7) is 6.77. The maximum Gasteiger partial charge on any atom is 0.297 e. The van der Waals surface area contributed by atoms with Crippen LogP contribution in [0.3, 0.4) is 0 Å². The van der Waals surface area contributed by atoms with E-state index in [0.29, 0.717) is 0 Å². The summed E-state index contributed by atoms with van der Waals surface area (Å²) in [5.74, 6) is 1.15. The summed E-state index contributed by atoms with van der Waals surface area (Å²) in [6, 6.07) is 69.3. The zero-order valence-electron chi connectivity index (χ0n) is 36.1. The molecule has 1 aromatic heterocycles. The fourth-order valence-corrected chi connectivity index (χ4v) is 10.6. The minimum Gasteiger partial charge on any atom is -0.473 e. The molecule has 0 N–H and O–H groups in total. The van der Waals surface area contributed by atoms with Gasteiger partial charge in [-0.1, -0.05) is 142 Å². The maximum absolute atomic E-state index is 7.21. The molecule has 12 rings (SSSR count). The molecule has 0 bridgehead atoms. The normalized spacial score (nSPS) is 13.9. The Morgan fingerprint density at radius 3 is 1.87 bits per heavy atom. The summed E-state index contributed by atoms with van der Waals surface area (Å²) >= 11 is 0. The maximum atomic E-state index is 7.21. The van der Waals surface area contributed by atoms with E-state index in [4.69, 9.17) is 4.42 Å². The molecule has 0 amide bonds. The van der Waals surface area contributed by atoms with Gasteiger partial charge in [-0.15, -0.1) is 0 Å². The molecule has 3 aliphatic rings. The van der Waals surface area contributed by atoms with Crippen molar-refractivity contribution in [3.05, 3.63) is 205 Å². The largest absolute Gasteiger partial charge is 0.473 e. The highest BCUT2D eigenvalue weighted by Gasteiger charge is 2.47. The third kappa shape index (κ3) is 6.05. The van der Waals surface area contributed by atoms with E-state index in [0.717, 1.165) is 64.8 Å². The molecule has 5 heteroatoms. The average Bonchev–Trinajstić information content (AvgIpc) is 3.71. The van der Waals surface area contributed by atoms with Crippen LogP contribution in [0.25, 0.3) is 21.9 Å². The van der Waals surface area contributed by atoms with E-state index < -0.39 is 0 Å². The molecular weight excluding hydrogens is 765 g/mol. The van der Waals surface area contributed by atoms with Gasteiger partial charge in [-0.2, -0.15) is 0 Å². The first-order chi connectivity index (χ1) is 30.9. The Balaban J connectivity index is 1.11. The summed E-state index contributed by atoms with van der Waals surface area (Å²) in [7, 11) is 0. The predicted octanol–water partition coefficient (Wildman–Crippen LogP) is 13.8. The van der Waals surface area contributed by atoms with Crippen LogP contribution in [0.2, 0.25) is 0 Å². The molecule has 0 saturated heterocycles. The number of hydrogen-bond acceptors (Lipinski definition) is 4. The first-order valence-corrected chi connectivity index (χ1v) is 22.5. The Morgan fingerprint density at radius 2 is 1.16 bits per heavy atom. The quantitative estimate of drug-likeness (QED) is 0.156. The molecule has 8 aromatic carbocycles. The van der Waals surface area contributed by atoms with Gasteiger partial charge in [0.25, 0.3) is 6.71 Å². The van der Waals surface area contributed by atoms with Gasteiger partial charge >= 0.3 is 0 Å². The van der Waals surface area contributed by atoms with Gasteiger partial charge in [-0.25, -0.2) is 0 Å². The highest BCUT2D eigenvalue weighted by atomic mass is 16.3. The smallest absolute Gasteiger partial charge is 0.297 e. The van der Waals surface area contributed by atoms with E-state index in [-0.39, 0.29) is 12.1 Å². The minimum absolute atomic E-state index is 0.0294. The second-order valence-electron chi connectivity index (χ2n) is 18.3. The average molecular weight is 814 g/mol. The number of hydrogen-bond donors (Lipinski definition) is 0. The Labute approximate surface area is 370 Å². The van der Waals surface area contributed by atoms with E-state index in [1.165, 1.54) is 67.4 Å². The molecule has 4 nitrogen and oxygen atoms in total. The summed E-state index contributed by atoms with van der Waals surface area (Å²) in [5.41, 5.74) is 19.1. The van der Waals surface area contributed by atoms with Gasteiger partial charge in [0.1, 0.15) is 5.76 Å². The van der Waals surface area contributed by atoms with Crippen LogP contribution >= 0.6 is 0 Å². The lowest BCUT2D eigenvalue weighted by atomic mass is 9.35. The van der Waals surface area contributed by atoms with Gasteiger partial charge in [0.15, 0.2) is 0 Å². The molecular formula is C58H48BN3O. The summed E-state index contributed by atoms with van der Waals surface area (Å²) in [4.78, 5) is 7.45. The third-order valence-corrected chi connectivity index (χ3v) is 13.6. The molecule has 3 heterocycles. The number of rotatable bonds is 6. The summed E-state index contributed by atoms with van der Waals surface area (Å²) in [5, 5.41) is 2.42. The number of furan rings is 1. The van der Waals surface area contributed by atoms with Crippen molar-refractivity contribution in [3.63, 3.8) is 0 Å². The fourth-order valence-electron chi connectivity index (χ4n) is 10.6. The van der Waals surface area contributed by atoms with Crippen molar-refractivity contribution < 1.29 is 4.42 Å². The van der Waals surface area contributed by atoms with E-state index in [9.17, 15) is 0 Å². The topological polar surface area (TPSA) is 22.9 Å². The van der Waals surface area contributed by atoms with Gasteiger partial charge in [0.05, 0.1) is 17.0 Å². The molecule has 2 aliphatic heterocycles. The minimum atomic E-state index is -0.0775. The first kappa shape index (κ1) is 37.5. The van der Waals surface area contributed by atoms with Crippen LogP contribution in [0.15, 0.2) is 192 Å². The van der Waals surface area contributed by atoms with Crippen molar-refractivity contribution in [2.75, 3.05) is 14.7 Å². The number of benzene rings is 8. The Kier molecular flexibility index (Phi) is 8.76. The highest BCUT2D eigenvalue weighted by Crippen LogP contribution is 2.49. The molecule has 0 fully saturated rings. The Hall–Kier alpha value is -7.24. The zero-order valence-corrected chi connectivity index (χ0v) is 36.1. The van der Waals surface area contributed by atoms with E-state index in [2.05, 4.69) is 224 Å². The van der Waals surface area contributed by atoms with Crippen molar-refractivity contribution in [1.29, 1.82) is 0 Å². The fraction of sp³-hybridized carbons (Fsp3) is 0.138. The van der Waals surface area contributed by atoms with E-state index in [1.807, 2.05) is 0 Å². The predicted molar refractivity (Wildman–Crippen MR) is 266 cm³/mol. The van der Waals surface area contributed by atoms with Crippen molar-refractivity contribution >= 4 is 85.3 Å². The molecule has 0 atom stereocenters. The van der Waals surface area contributed by atoms with Crippen LogP contribution in [0.1, 0.15) is 50.5 Å². The summed E-state index contributed by atoms with van der Waals surface area (Å²) < 4.78 is 7.21. The zero-order chi connectivity index (χ0) is 42.2. The number of aryl methyl sites for hydroxylation is 1. The second kappa shape index (κ2) is 14.7. The lowest BCUT2D eigenvalue weighted by Gasteiger charge is -2.43. The lowest BCUT2D eigenvalue weighted by molar-refractivity contribution is 0.497. The molecule has 0 radical (unpaired) electrons.